The van der Waals surface area contributed by atoms with E-state index in [-0.39, 0.29) is 40.4 Å². The zero-order valence-corrected chi connectivity index (χ0v) is 19.8. The van der Waals surface area contributed by atoms with Crippen molar-refractivity contribution in [1.82, 2.24) is 15.1 Å². The molecule has 2 saturated heterocycles. The molecule has 0 radical (unpaired) electrons. The van der Waals surface area contributed by atoms with E-state index >= 15 is 0 Å². The third-order valence-electron chi connectivity index (χ3n) is 8.10. The summed E-state index contributed by atoms with van der Waals surface area (Å²) in [6.07, 6.45) is 8.20. The predicted octanol–water partition coefficient (Wildman–Crippen LogP) is 2.33. The SMILES string of the molecule is O=C(NC1CCCCC1)[C@@H]1Cc2cc([N+](=O)[O-])ccc2N2CCN(CC(=O)N3CCCC3)C[C@@H]12. The highest BCUT2D eigenvalue weighted by Crippen LogP contribution is 2.38. The van der Waals surface area contributed by atoms with E-state index in [4.69, 9.17) is 0 Å². The molecule has 34 heavy (non-hydrogen) atoms. The van der Waals surface area contributed by atoms with Gasteiger partial charge >= 0.3 is 0 Å². The third kappa shape index (κ3) is 4.76. The fraction of sp³-hybridized carbons (Fsp3) is 0.680. The maximum Gasteiger partial charge on any atom is 0.269 e. The molecule has 0 aromatic heterocycles. The highest BCUT2D eigenvalue weighted by atomic mass is 16.6. The molecule has 9 nitrogen and oxygen atoms in total. The first kappa shape index (κ1) is 23.1. The van der Waals surface area contributed by atoms with Crippen LogP contribution in [0.3, 0.4) is 0 Å². The average molecular weight is 470 g/mol. The van der Waals surface area contributed by atoms with Gasteiger partial charge in [-0.2, -0.15) is 0 Å². The number of amides is 2. The van der Waals surface area contributed by atoms with E-state index in [2.05, 4.69) is 15.1 Å². The van der Waals surface area contributed by atoms with Gasteiger partial charge in [0.25, 0.3) is 5.69 Å². The molecule has 2 atom stereocenters. The van der Waals surface area contributed by atoms with E-state index in [1.807, 2.05) is 11.0 Å². The first-order chi connectivity index (χ1) is 16.5. The molecule has 5 rings (SSSR count). The van der Waals surface area contributed by atoms with Gasteiger partial charge in [-0.15, -0.1) is 0 Å². The van der Waals surface area contributed by atoms with Gasteiger partial charge in [-0.25, -0.2) is 0 Å². The molecule has 0 unspecified atom stereocenters. The number of carbonyl (C=O) groups excluding carboxylic acids is 2. The number of carbonyl (C=O) groups is 2. The summed E-state index contributed by atoms with van der Waals surface area (Å²) in [5.74, 6) is -0.0612. The van der Waals surface area contributed by atoms with Crippen LogP contribution in [-0.2, 0) is 16.0 Å². The number of likely N-dealkylation sites (tertiary alicyclic amines) is 1. The Kier molecular flexibility index (Phi) is 6.72. The Hall–Kier alpha value is -2.68. The molecule has 0 spiro atoms. The largest absolute Gasteiger partial charge is 0.365 e. The second kappa shape index (κ2) is 9.90. The summed E-state index contributed by atoms with van der Waals surface area (Å²) in [7, 11) is 0. The van der Waals surface area contributed by atoms with E-state index in [9.17, 15) is 19.7 Å². The van der Waals surface area contributed by atoms with Crippen molar-refractivity contribution in [2.75, 3.05) is 44.2 Å². The summed E-state index contributed by atoms with van der Waals surface area (Å²) in [5.41, 5.74) is 1.93. The number of nitrogens with one attached hydrogen (secondary N) is 1. The fourth-order valence-electron chi connectivity index (χ4n) is 6.24. The summed E-state index contributed by atoms with van der Waals surface area (Å²) < 4.78 is 0. The van der Waals surface area contributed by atoms with E-state index in [1.54, 1.807) is 12.1 Å². The van der Waals surface area contributed by atoms with Gasteiger partial charge in [0.2, 0.25) is 11.8 Å². The maximum atomic E-state index is 13.5. The zero-order valence-electron chi connectivity index (χ0n) is 19.8. The number of piperazine rings is 1. The van der Waals surface area contributed by atoms with Crippen LogP contribution >= 0.6 is 0 Å². The van der Waals surface area contributed by atoms with Crippen LogP contribution in [0.2, 0.25) is 0 Å². The summed E-state index contributed by atoms with van der Waals surface area (Å²) in [4.78, 5) is 43.7. The number of hydrogen-bond donors (Lipinski definition) is 1. The Labute approximate surface area is 200 Å². The van der Waals surface area contributed by atoms with E-state index in [1.165, 1.54) is 6.42 Å². The number of anilines is 1. The summed E-state index contributed by atoms with van der Waals surface area (Å²) in [6, 6.07) is 5.20. The van der Waals surface area contributed by atoms with Crippen LogP contribution in [-0.4, -0.2) is 77.9 Å². The minimum atomic E-state index is -0.370. The average Bonchev–Trinajstić information content (AvgIpc) is 3.39. The normalized spacial score (nSPS) is 25.5. The van der Waals surface area contributed by atoms with E-state index in [0.29, 0.717) is 26.1 Å². The first-order valence-electron chi connectivity index (χ1n) is 12.8. The highest BCUT2D eigenvalue weighted by molar-refractivity contribution is 5.83. The summed E-state index contributed by atoms with van der Waals surface area (Å²) >= 11 is 0. The minimum absolute atomic E-state index is 0.0438. The lowest BCUT2D eigenvalue weighted by Crippen LogP contribution is -2.62. The van der Waals surface area contributed by atoms with Crippen LogP contribution in [0.5, 0.6) is 0 Å². The second-order valence-corrected chi connectivity index (χ2v) is 10.3. The van der Waals surface area contributed by atoms with Gasteiger partial charge < -0.3 is 15.1 Å². The molecule has 184 valence electrons. The van der Waals surface area contributed by atoms with Gasteiger partial charge in [-0.05, 0) is 43.7 Å². The van der Waals surface area contributed by atoms with Gasteiger partial charge in [0.15, 0.2) is 0 Å². The number of non-ortho nitro benzene ring substituents is 1. The number of nitro groups is 1. The Bertz CT molecular complexity index is 941. The van der Waals surface area contributed by atoms with Gasteiger partial charge in [0.1, 0.15) is 0 Å². The number of rotatable bonds is 5. The molecule has 1 aromatic rings. The maximum absolute atomic E-state index is 13.5. The first-order valence-corrected chi connectivity index (χ1v) is 12.8. The molecule has 3 heterocycles. The van der Waals surface area contributed by atoms with Gasteiger partial charge in [-0.1, -0.05) is 19.3 Å². The van der Waals surface area contributed by atoms with Gasteiger partial charge in [0, 0.05) is 56.6 Å². The Morgan fingerprint density at radius 3 is 2.53 bits per heavy atom. The van der Waals surface area contributed by atoms with Crippen molar-refractivity contribution in [3.05, 3.63) is 33.9 Å². The van der Waals surface area contributed by atoms with E-state index in [0.717, 1.165) is 69.4 Å². The van der Waals surface area contributed by atoms with Crippen molar-refractivity contribution >= 4 is 23.2 Å². The van der Waals surface area contributed by atoms with Crippen molar-refractivity contribution in [2.45, 2.75) is 63.5 Å². The van der Waals surface area contributed by atoms with Crippen molar-refractivity contribution < 1.29 is 14.5 Å². The van der Waals surface area contributed by atoms with Crippen LogP contribution in [0.25, 0.3) is 0 Å². The molecule has 3 aliphatic heterocycles. The number of fused-ring (bicyclic) bond motifs is 3. The summed E-state index contributed by atoms with van der Waals surface area (Å²) in [5, 5.41) is 14.7. The highest BCUT2D eigenvalue weighted by Gasteiger charge is 2.43. The Morgan fingerprint density at radius 2 is 1.79 bits per heavy atom. The molecule has 0 bridgehead atoms. The lowest BCUT2D eigenvalue weighted by molar-refractivity contribution is -0.384. The van der Waals surface area contributed by atoms with Crippen LogP contribution in [0.1, 0.15) is 50.5 Å². The monoisotopic (exact) mass is 469 g/mol. The second-order valence-electron chi connectivity index (χ2n) is 10.3. The van der Waals surface area contributed by atoms with Crippen molar-refractivity contribution in [3.63, 3.8) is 0 Å². The molecular weight excluding hydrogens is 434 g/mol. The van der Waals surface area contributed by atoms with E-state index < -0.39 is 0 Å². The number of benzene rings is 1. The quantitative estimate of drug-likeness (QED) is 0.525. The van der Waals surface area contributed by atoms with Gasteiger partial charge in [-0.3, -0.25) is 24.6 Å². The molecule has 3 fully saturated rings. The Morgan fingerprint density at radius 1 is 1.03 bits per heavy atom. The third-order valence-corrected chi connectivity index (χ3v) is 8.10. The Balaban J connectivity index is 1.36. The lowest BCUT2D eigenvalue weighted by atomic mass is 9.82. The standard InChI is InChI=1S/C25H35N5O4/c31-24(28-10-4-5-11-28)17-27-12-13-29-22-9-8-20(30(33)34)14-18(22)15-21(23(29)16-27)25(32)26-19-6-2-1-3-7-19/h8-9,14,19,21,23H,1-7,10-13,15-17H2,(H,26,32)/t21-,23+/m1/s1. The molecule has 2 amide bonds. The molecule has 4 aliphatic rings. The summed E-state index contributed by atoms with van der Waals surface area (Å²) in [6.45, 7) is 4.19. The lowest BCUT2D eigenvalue weighted by Gasteiger charge is -2.49. The molecule has 9 heteroatoms. The van der Waals surface area contributed by atoms with Crippen LogP contribution in [0, 0.1) is 16.0 Å². The zero-order chi connectivity index (χ0) is 23.7. The number of nitrogens with zero attached hydrogens (tertiary/aromatic N) is 4. The number of nitro benzene ring substituents is 1. The molecule has 1 N–H and O–H groups in total. The smallest absolute Gasteiger partial charge is 0.269 e. The molecule has 1 aromatic carbocycles. The van der Waals surface area contributed by atoms with Crippen molar-refractivity contribution in [2.24, 2.45) is 5.92 Å². The van der Waals surface area contributed by atoms with Crippen LogP contribution in [0.4, 0.5) is 11.4 Å². The van der Waals surface area contributed by atoms with Crippen LogP contribution in [0.15, 0.2) is 18.2 Å². The molecule has 1 saturated carbocycles. The predicted molar refractivity (Wildman–Crippen MR) is 129 cm³/mol. The van der Waals surface area contributed by atoms with Gasteiger partial charge in [0.05, 0.1) is 23.4 Å². The van der Waals surface area contributed by atoms with Crippen LogP contribution < -0.4 is 10.2 Å². The number of hydrogen-bond acceptors (Lipinski definition) is 6. The topological polar surface area (TPSA) is 99.0 Å². The van der Waals surface area contributed by atoms with Crippen molar-refractivity contribution in [1.29, 1.82) is 0 Å². The van der Waals surface area contributed by atoms with Crippen molar-refractivity contribution in [3.8, 4) is 0 Å². The molecular formula is C25H35N5O4. The fourth-order valence-corrected chi connectivity index (χ4v) is 6.24. The minimum Gasteiger partial charge on any atom is -0.365 e. The molecule has 1 aliphatic carbocycles.